The average molecular weight is 489 g/mol. The lowest BCUT2D eigenvalue weighted by Crippen LogP contribution is -2.17. The number of benzene rings is 1. The van der Waals surface area contributed by atoms with Crippen LogP contribution in [-0.4, -0.2) is 59.3 Å². The fourth-order valence-corrected chi connectivity index (χ4v) is 4.08. The highest BCUT2D eigenvalue weighted by Crippen LogP contribution is 2.36. The van der Waals surface area contributed by atoms with Crippen molar-refractivity contribution in [2.45, 2.75) is 27.3 Å². The second-order valence-electron chi connectivity index (χ2n) is 7.16. The molecule has 12 heteroatoms. The Morgan fingerprint density at radius 2 is 1.76 bits per heavy atom. The number of rotatable bonds is 11. The number of nitrogens with one attached hydrogen (secondary N) is 1. The van der Waals surface area contributed by atoms with Crippen LogP contribution in [0.2, 0.25) is 0 Å². The highest BCUT2D eigenvalue weighted by molar-refractivity contribution is 7.47. The predicted octanol–water partition coefficient (Wildman–Crippen LogP) is 2.65. The molecule has 11 nitrogen and oxygen atoms in total. The van der Waals surface area contributed by atoms with Gasteiger partial charge in [-0.05, 0) is 32.9 Å². The van der Waals surface area contributed by atoms with Gasteiger partial charge in [-0.15, -0.1) is 0 Å². The van der Waals surface area contributed by atoms with E-state index in [0.29, 0.717) is 43.9 Å². The zero-order valence-corrected chi connectivity index (χ0v) is 21.0. The molecule has 0 radical (unpaired) electrons. The smallest absolute Gasteiger partial charge is 0.224 e. The molecule has 0 atom stereocenters. The largest absolute Gasteiger partial charge is 0.382 e. The lowest BCUT2D eigenvalue weighted by molar-refractivity contribution is -0.109. The first-order valence-corrected chi connectivity index (χ1v) is 12.3. The zero-order valence-electron chi connectivity index (χ0n) is 20.1. The summed E-state index contributed by atoms with van der Waals surface area (Å²) >= 11 is 0. The van der Waals surface area contributed by atoms with E-state index in [-0.39, 0.29) is 11.8 Å². The lowest BCUT2D eigenvalue weighted by Gasteiger charge is -2.19. The standard InChI is InChI=1S/C15H17N7.C7H16NO3P/c1-9-3-5-11(6-4-9)22(2)8-10-7-18-14-12(19-10)13(16)20-15(17)21-14;1-3-10-12(11-4-2)6-5-8-7-9/h3-7H,8H2,1-2H3,(H4,16,17,18,20,21);7H,3-6H2,1-2H3,(H,8,9). The average Bonchev–Trinajstić information content (AvgIpc) is 2.81. The molecule has 184 valence electrons. The Morgan fingerprint density at radius 3 is 2.38 bits per heavy atom. The van der Waals surface area contributed by atoms with E-state index in [0.717, 1.165) is 17.5 Å². The van der Waals surface area contributed by atoms with Gasteiger partial charge in [-0.3, -0.25) is 4.79 Å². The second kappa shape index (κ2) is 14.2. The first kappa shape index (κ1) is 27.1. The van der Waals surface area contributed by atoms with Crippen LogP contribution in [0.25, 0.3) is 11.2 Å². The SMILES string of the molecule is CCOP(CCNC=O)OCC.Cc1ccc(N(C)Cc2cnc3nc(N)nc(N)c3n2)cc1. The van der Waals surface area contributed by atoms with Gasteiger partial charge in [-0.25, -0.2) is 9.97 Å². The molecule has 2 aromatic heterocycles. The van der Waals surface area contributed by atoms with Crippen molar-refractivity contribution in [3.8, 4) is 0 Å². The molecule has 0 aliphatic carbocycles. The molecule has 1 aromatic carbocycles. The van der Waals surface area contributed by atoms with Crippen LogP contribution in [0.1, 0.15) is 25.1 Å². The van der Waals surface area contributed by atoms with Gasteiger partial charge in [0.25, 0.3) is 0 Å². The number of aromatic nitrogens is 4. The summed E-state index contributed by atoms with van der Waals surface area (Å²) in [7, 11) is 1.21. The van der Waals surface area contributed by atoms with Crippen molar-refractivity contribution in [1.29, 1.82) is 0 Å². The molecule has 0 aliphatic heterocycles. The van der Waals surface area contributed by atoms with Crippen LogP contribution in [0.3, 0.4) is 0 Å². The minimum Gasteiger partial charge on any atom is -0.382 e. The van der Waals surface area contributed by atoms with Crippen molar-refractivity contribution in [2.24, 2.45) is 0 Å². The summed E-state index contributed by atoms with van der Waals surface area (Å²) < 4.78 is 10.6. The molecule has 3 aromatic rings. The Morgan fingerprint density at radius 1 is 1.09 bits per heavy atom. The zero-order chi connectivity index (χ0) is 24.9. The van der Waals surface area contributed by atoms with Gasteiger partial charge in [-0.2, -0.15) is 9.97 Å². The Labute approximate surface area is 201 Å². The Kier molecular flexibility index (Phi) is 11.3. The molecule has 0 aliphatic rings. The van der Waals surface area contributed by atoms with E-state index >= 15 is 0 Å². The summed E-state index contributed by atoms with van der Waals surface area (Å²) in [5.41, 5.74) is 15.4. The summed E-state index contributed by atoms with van der Waals surface area (Å²) in [5.74, 6) is 0.346. The van der Waals surface area contributed by atoms with E-state index in [9.17, 15) is 4.79 Å². The highest BCUT2D eigenvalue weighted by Gasteiger charge is 2.10. The van der Waals surface area contributed by atoms with Crippen LogP contribution >= 0.6 is 8.38 Å². The Hall–Kier alpha value is -3.14. The molecule has 0 saturated carbocycles. The number of nitrogen functional groups attached to an aromatic ring is 2. The molecular formula is C22H33N8O3P. The van der Waals surface area contributed by atoms with Crippen LogP contribution in [0.4, 0.5) is 17.5 Å². The van der Waals surface area contributed by atoms with E-state index < -0.39 is 8.38 Å². The number of aryl methyl sites for hydroxylation is 1. The lowest BCUT2D eigenvalue weighted by atomic mass is 10.2. The molecular weight excluding hydrogens is 455 g/mol. The quantitative estimate of drug-likeness (QED) is 0.208. The maximum atomic E-state index is 9.92. The van der Waals surface area contributed by atoms with Gasteiger partial charge >= 0.3 is 0 Å². The number of hydrogen-bond acceptors (Lipinski definition) is 10. The molecule has 2 heterocycles. The van der Waals surface area contributed by atoms with E-state index in [2.05, 4.69) is 61.3 Å². The normalized spacial score (nSPS) is 10.6. The molecule has 0 saturated heterocycles. The van der Waals surface area contributed by atoms with Gasteiger partial charge in [0.1, 0.15) is 0 Å². The fraction of sp³-hybridized carbons (Fsp3) is 0.409. The maximum absolute atomic E-state index is 9.92. The minimum absolute atomic E-state index is 0.101. The molecule has 5 N–H and O–H groups in total. The maximum Gasteiger partial charge on any atom is 0.224 e. The van der Waals surface area contributed by atoms with Crippen molar-refractivity contribution < 1.29 is 13.8 Å². The number of carbonyl (C=O) groups excluding carboxylic acids is 1. The van der Waals surface area contributed by atoms with Crippen LogP contribution in [0.5, 0.6) is 0 Å². The molecule has 0 spiro atoms. The molecule has 34 heavy (non-hydrogen) atoms. The number of carbonyl (C=O) groups is 1. The summed E-state index contributed by atoms with van der Waals surface area (Å²) in [6.07, 6.45) is 3.13. The van der Waals surface area contributed by atoms with Crippen molar-refractivity contribution >= 4 is 43.4 Å². The topological polar surface area (TPSA) is 154 Å². The first-order chi connectivity index (χ1) is 16.4. The summed E-state index contributed by atoms with van der Waals surface area (Å²) in [6.45, 7) is 8.47. The number of nitrogens with zero attached hydrogens (tertiary/aromatic N) is 5. The van der Waals surface area contributed by atoms with Gasteiger partial charge < -0.3 is 30.7 Å². The second-order valence-corrected chi connectivity index (χ2v) is 8.79. The van der Waals surface area contributed by atoms with E-state index in [1.807, 2.05) is 20.9 Å². The number of amides is 1. The minimum atomic E-state index is -0.794. The van der Waals surface area contributed by atoms with Gasteiger partial charge in [0.05, 0.1) is 31.6 Å². The summed E-state index contributed by atoms with van der Waals surface area (Å²) in [6, 6.07) is 8.29. The predicted molar refractivity (Wildman–Crippen MR) is 136 cm³/mol. The fourth-order valence-electron chi connectivity index (χ4n) is 2.86. The summed E-state index contributed by atoms with van der Waals surface area (Å²) in [4.78, 5) is 28.7. The van der Waals surface area contributed by atoms with Gasteiger partial charge in [0.15, 0.2) is 25.4 Å². The first-order valence-electron chi connectivity index (χ1n) is 10.9. The Bertz CT molecular complexity index is 1030. The summed E-state index contributed by atoms with van der Waals surface area (Å²) in [5, 5.41) is 2.57. The monoisotopic (exact) mass is 488 g/mol. The van der Waals surface area contributed by atoms with Crippen LogP contribution < -0.4 is 21.7 Å². The molecule has 1 amide bonds. The van der Waals surface area contributed by atoms with Crippen LogP contribution in [0.15, 0.2) is 30.5 Å². The Balaban J connectivity index is 0.000000292. The number of hydrogen-bond donors (Lipinski definition) is 3. The van der Waals surface area contributed by atoms with Crippen molar-refractivity contribution in [1.82, 2.24) is 25.3 Å². The van der Waals surface area contributed by atoms with Gasteiger partial charge in [-0.1, -0.05) is 17.7 Å². The van der Waals surface area contributed by atoms with E-state index in [1.165, 1.54) is 5.56 Å². The van der Waals surface area contributed by atoms with Crippen molar-refractivity contribution in [3.63, 3.8) is 0 Å². The third kappa shape index (κ3) is 8.66. The van der Waals surface area contributed by atoms with Crippen molar-refractivity contribution in [2.75, 3.05) is 49.3 Å². The van der Waals surface area contributed by atoms with E-state index in [1.54, 1.807) is 6.20 Å². The molecule has 0 fully saturated rings. The number of anilines is 3. The van der Waals surface area contributed by atoms with E-state index in [4.69, 9.17) is 20.5 Å². The number of fused-ring (bicyclic) bond motifs is 1. The third-order valence-electron chi connectivity index (χ3n) is 4.44. The van der Waals surface area contributed by atoms with Crippen molar-refractivity contribution in [3.05, 3.63) is 41.7 Å². The highest BCUT2D eigenvalue weighted by atomic mass is 31.2. The number of nitrogens with two attached hydrogens (primary N) is 2. The molecule has 0 bridgehead atoms. The van der Waals surface area contributed by atoms with Gasteiger partial charge in [0.2, 0.25) is 12.4 Å². The molecule has 0 unspecified atom stereocenters. The third-order valence-corrected chi connectivity index (χ3v) is 6.12. The molecule has 3 rings (SSSR count). The van der Waals surface area contributed by atoms with Crippen LogP contribution in [-0.2, 0) is 20.4 Å². The van der Waals surface area contributed by atoms with Gasteiger partial charge in [0, 0.05) is 25.4 Å². The van der Waals surface area contributed by atoms with Crippen LogP contribution in [0, 0.1) is 6.92 Å².